The summed E-state index contributed by atoms with van der Waals surface area (Å²) in [6, 6.07) is 4.80. The average Bonchev–Trinajstić information content (AvgIpc) is 2.40. The van der Waals surface area contributed by atoms with Crippen molar-refractivity contribution in [2.45, 2.75) is 10.9 Å². The van der Waals surface area contributed by atoms with Crippen LogP contribution >= 0.6 is 0 Å². The van der Waals surface area contributed by atoms with Crippen LogP contribution in [0.5, 0.6) is 0 Å². The first-order chi connectivity index (χ1) is 9.77. The summed E-state index contributed by atoms with van der Waals surface area (Å²) in [7, 11) is 0.461. The van der Waals surface area contributed by atoms with E-state index in [0.29, 0.717) is 24.0 Å². The fourth-order valence-corrected chi connectivity index (χ4v) is 2.95. The van der Waals surface area contributed by atoms with E-state index in [0.717, 1.165) is 19.6 Å². The molecule has 5 N–H and O–H groups in total. The van der Waals surface area contributed by atoms with Crippen LogP contribution in [-0.4, -0.2) is 64.5 Å². The highest BCUT2D eigenvalue weighted by molar-refractivity contribution is 7.89. The van der Waals surface area contributed by atoms with Crippen molar-refractivity contribution in [3.63, 3.8) is 0 Å². The summed E-state index contributed by atoms with van der Waals surface area (Å²) in [5, 5.41) is 8.38. The van der Waals surface area contributed by atoms with Crippen LogP contribution in [0.3, 0.4) is 0 Å². The van der Waals surface area contributed by atoms with Gasteiger partial charge in [0, 0.05) is 32.2 Å². The van der Waals surface area contributed by atoms with Gasteiger partial charge in [-0.05, 0) is 32.3 Å². The first-order valence-electron chi connectivity index (χ1n) is 6.82. The number of sulfonamides is 1. The van der Waals surface area contributed by atoms with Crippen LogP contribution in [-0.2, 0) is 10.0 Å². The Kier molecular flexibility index (Phi) is 4.72. The van der Waals surface area contributed by atoms with Gasteiger partial charge in [-0.15, -0.1) is 0 Å². The number of nitrogens with zero attached hydrogens (tertiary/aromatic N) is 2. The van der Waals surface area contributed by atoms with Crippen molar-refractivity contribution in [3.8, 4) is 0 Å². The highest BCUT2D eigenvalue weighted by Gasteiger charge is 2.22. The molecule has 118 valence electrons. The molecule has 1 saturated heterocycles. The highest BCUT2D eigenvalue weighted by atomic mass is 32.2. The molecule has 1 heterocycles. The number of rotatable bonds is 4. The fraction of sp³-hybridized carbons (Fsp3) is 0.538. The largest absolute Gasteiger partial charge is 0.397 e. The minimum Gasteiger partial charge on any atom is -0.397 e. The summed E-state index contributed by atoms with van der Waals surface area (Å²) in [6.45, 7) is 3.71. The van der Waals surface area contributed by atoms with Gasteiger partial charge in [-0.25, -0.2) is 13.6 Å². The van der Waals surface area contributed by atoms with E-state index in [1.807, 2.05) is 0 Å². The summed E-state index contributed by atoms with van der Waals surface area (Å²) in [5.74, 6) is 0. The van der Waals surface area contributed by atoms with E-state index in [-0.39, 0.29) is 4.90 Å². The van der Waals surface area contributed by atoms with Crippen molar-refractivity contribution in [2.24, 2.45) is 5.14 Å². The Hall–Kier alpha value is -1.35. The molecule has 8 heteroatoms. The molecule has 0 bridgehead atoms. The molecular weight excluding hydrogens is 290 g/mol. The minimum absolute atomic E-state index is 0.0633. The van der Waals surface area contributed by atoms with Crippen molar-refractivity contribution in [3.05, 3.63) is 18.2 Å². The average molecular weight is 313 g/mol. The Morgan fingerprint density at radius 1 is 1.33 bits per heavy atom. The number of piperazine rings is 1. The Morgan fingerprint density at radius 2 is 2.05 bits per heavy atom. The summed E-state index contributed by atoms with van der Waals surface area (Å²) in [4.78, 5) is 4.62. The first-order valence-corrected chi connectivity index (χ1v) is 8.37. The molecule has 1 aromatic rings. The van der Waals surface area contributed by atoms with Crippen LogP contribution in [0.2, 0.25) is 0 Å². The zero-order chi connectivity index (χ0) is 15.6. The molecule has 1 atom stereocenters. The standard InChI is InChI=1S/C13H23N5O2S/c1-17-5-6-18(2)10(9-17)8-16-13-7-11(21(15,19)20)3-4-12(13)14/h3-4,7,10,16H,5-6,8-9,14H2,1-2H3,(H2,15,19,20). The summed E-state index contributed by atoms with van der Waals surface area (Å²) >= 11 is 0. The molecule has 2 rings (SSSR count). The lowest BCUT2D eigenvalue weighted by atomic mass is 10.1. The van der Waals surface area contributed by atoms with Gasteiger partial charge >= 0.3 is 0 Å². The van der Waals surface area contributed by atoms with Crippen molar-refractivity contribution in [1.82, 2.24) is 9.80 Å². The SMILES string of the molecule is CN1CCN(C)C(CNc2cc(S(N)(=O)=O)ccc2N)C1. The fourth-order valence-electron chi connectivity index (χ4n) is 2.42. The predicted octanol–water partition coefficient (Wildman–Crippen LogP) is -0.426. The van der Waals surface area contributed by atoms with E-state index in [4.69, 9.17) is 10.9 Å². The number of nitrogen functional groups attached to an aromatic ring is 1. The second-order valence-corrected chi connectivity index (χ2v) is 7.13. The van der Waals surface area contributed by atoms with E-state index in [2.05, 4.69) is 29.2 Å². The number of hydrogen-bond donors (Lipinski definition) is 3. The number of anilines is 2. The van der Waals surface area contributed by atoms with Crippen LogP contribution in [0, 0.1) is 0 Å². The number of primary sulfonamides is 1. The predicted molar refractivity (Wildman–Crippen MR) is 84.6 cm³/mol. The van der Waals surface area contributed by atoms with Gasteiger partial charge < -0.3 is 16.0 Å². The maximum atomic E-state index is 11.4. The molecule has 1 unspecified atom stereocenters. The molecule has 1 fully saturated rings. The molecule has 7 nitrogen and oxygen atoms in total. The highest BCUT2D eigenvalue weighted by Crippen LogP contribution is 2.22. The van der Waals surface area contributed by atoms with E-state index in [9.17, 15) is 8.42 Å². The molecule has 0 aromatic heterocycles. The third kappa shape index (κ3) is 4.07. The summed E-state index contributed by atoms with van der Waals surface area (Å²) < 4.78 is 22.8. The van der Waals surface area contributed by atoms with Gasteiger partial charge in [-0.1, -0.05) is 0 Å². The zero-order valence-corrected chi connectivity index (χ0v) is 13.2. The van der Waals surface area contributed by atoms with Gasteiger partial charge in [0.2, 0.25) is 10.0 Å². The monoisotopic (exact) mass is 313 g/mol. The molecule has 0 amide bonds. The lowest BCUT2D eigenvalue weighted by Gasteiger charge is -2.38. The first kappa shape index (κ1) is 16.0. The Balaban J connectivity index is 2.09. The summed E-state index contributed by atoms with van der Waals surface area (Å²) in [6.07, 6.45) is 0. The maximum absolute atomic E-state index is 11.4. The van der Waals surface area contributed by atoms with Crippen LogP contribution in [0.1, 0.15) is 0 Å². The van der Waals surface area contributed by atoms with Crippen molar-refractivity contribution in [2.75, 3.05) is 51.3 Å². The van der Waals surface area contributed by atoms with Gasteiger partial charge in [-0.2, -0.15) is 0 Å². The third-order valence-corrected chi connectivity index (χ3v) is 4.77. The molecule has 0 saturated carbocycles. The normalized spacial score (nSPS) is 21.4. The lowest BCUT2D eigenvalue weighted by molar-refractivity contribution is 0.122. The molecular formula is C13H23N5O2S. The Morgan fingerprint density at radius 3 is 2.71 bits per heavy atom. The number of likely N-dealkylation sites (N-methyl/N-ethyl adjacent to an activating group) is 2. The number of hydrogen-bond acceptors (Lipinski definition) is 6. The topological polar surface area (TPSA) is 105 Å². The van der Waals surface area contributed by atoms with E-state index >= 15 is 0 Å². The van der Waals surface area contributed by atoms with E-state index in [1.54, 1.807) is 6.07 Å². The lowest BCUT2D eigenvalue weighted by Crippen LogP contribution is -2.52. The van der Waals surface area contributed by atoms with Crippen molar-refractivity contribution >= 4 is 21.4 Å². The molecule has 0 spiro atoms. The van der Waals surface area contributed by atoms with Crippen LogP contribution < -0.4 is 16.2 Å². The molecule has 1 aliphatic heterocycles. The van der Waals surface area contributed by atoms with Gasteiger partial charge in [0.1, 0.15) is 0 Å². The molecule has 1 aliphatic rings. The van der Waals surface area contributed by atoms with Crippen LogP contribution in [0.25, 0.3) is 0 Å². The van der Waals surface area contributed by atoms with Gasteiger partial charge in [0.05, 0.1) is 16.3 Å². The second kappa shape index (κ2) is 6.18. The maximum Gasteiger partial charge on any atom is 0.238 e. The number of nitrogens with two attached hydrogens (primary N) is 2. The van der Waals surface area contributed by atoms with Crippen LogP contribution in [0.15, 0.2) is 23.1 Å². The van der Waals surface area contributed by atoms with E-state index in [1.165, 1.54) is 12.1 Å². The number of nitrogens with one attached hydrogen (secondary N) is 1. The Bertz CT molecular complexity index is 605. The van der Waals surface area contributed by atoms with Crippen LogP contribution in [0.4, 0.5) is 11.4 Å². The summed E-state index contributed by atoms with van der Waals surface area (Å²) in [5.41, 5.74) is 7.00. The quantitative estimate of drug-likeness (QED) is 0.652. The molecule has 1 aromatic carbocycles. The van der Waals surface area contributed by atoms with Gasteiger partial charge in [-0.3, -0.25) is 4.90 Å². The van der Waals surface area contributed by atoms with Crippen molar-refractivity contribution in [1.29, 1.82) is 0 Å². The smallest absolute Gasteiger partial charge is 0.238 e. The zero-order valence-electron chi connectivity index (χ0n) is 12.4. The van der Waals surface area contributed by atoms with E-state index < -0.39 is 10.0 Å². The Labute approximate surface area is 125 Å². The van der Waals surface area contributed by atoms with Gasteiger partial charge in [0.15, 0.2) is 0 Å². The van der Waals surface area contributed by atoms with Gasteiger partial charge in [0.25, 0.3) is 0 Å². The van der Waals surface area contributed by atoms with Crippen molar-refractivity contribution < 1.29 is 8.42 Å². The number of benzene rings is 1. The molecule has 21 heavy (non-hydrogen) atoms. The minimum atomic E-state index is -3.72. The third-order valence-electron chi connectivity index (χ3n) is 3.86. The second-order valence-electron chi connectivity index (χ2n) is 5.57. The molecule has 0 aliphatic carbocycles. The molecule has 0 radical (unpaired) electrons.